The fourth-order valence-electron chi connectivity index (χ4n) is 3.87. The molecule has 0 aliphatic carbocycles. The number of nitrogens with zero attached hydrogens (tertiary/aromatic N) is 2. The van der Waals surface area contributed by atoms with Gasteiger partial charge in [-0.25, -0.2) is 0 Å². The second-order valence-electron chi connectivity index (χ2n) is 5.80. The smallest absolute Gasteiger partial charge is 0.0252 e. The molecule has 92 valence electrons. The van der Waals surface area contributed by atoms with Crippen LogP contribution in [0.1, 0.15) is 25.7 Å². The molecule has 4 fully saturated rings. The van der Waals surface area contributed by atoms with Crippen molar-refractivity contribution in [2.24, 2.45) is 5.92 Å². The minimum Gasteiger partial charge on any atom is -0.317 e. The Kier molecular flexibility index (Phi) is 3.18. The molecule has 16 heavy (non-hydrogen) atoms. The normalized spacial score (nSPS) is 41.4. The number of fused-ring (bicyclic) bond motifs is 3. The fourth-order valence-corrected chi connectivity index (χ4v) is 3.87. The van der Waals surface area contributed by atoms with E-state index in [9.17, 15) is 0 Å². The van der Waals surface area contributed by atoms with Gasteiger partial charge in [0.15, 0.2) is 0 Å². The second kappa shape index (κ2) is 4.63. The molecule has 1 unspecified atom stereocenters. The van der Waals surface area contributed by atoms with Crippen molar-refractivity contribution >= 4 is 0 Å². The first kappa shape index (κ1) is 11.0. The van der Waals surface area contributed by atoms with Crippen molar-refractivity contribution in [1.29, 1.82) is 0 Å². The summed E-state index contributed by atoms with van der Waals surface area (Å²) in [6.07, 6.45) is 5.60. The highest BCUT2D eigenvalue weighted by molar-refractivity contribution is 4.94. The zero-order valence-electron chi connectivity index (χ0n) is 10.5. The summed E-state index contributed by atoms with van der Waals surface area (Å²) in [6.45, 7) is 6.73. The van der Waals surface area contributed by atoms with E-state index in [0.29, 0.717) is 0 Å². The molecule has 4 rings (SSSR count). The number of rotatable bonds is 2. The number of hydrogen-bond acceptors (Lipinski definition) is 3. The van der Waals surface area contributed by atoms with Gasteiger partial charge in [-0.1, -0.05) is 0 Å². The molecule has 3 heteroatoms. The van der Waals surface area contributed by atoms with Crippen molar-refractivity contribution in [3.63, 3.8) is 0 Å². The van der Waals surface area contributed by atoms with Crippen LogP contribution >= 0.6 is 0 Å². The Morgan fingerprint density at radius 3 is 2.12 bits per heavy atom. The average Bonchev–Trinajstić information content (AvgIpc) is 2.40. The number of likely N-dealkylation sites (tertiary alicyclic amines) is 1. The van der Waals surface area contributed by atoms with Gasteiger partial charge in [-0.05, 0) is 64.8 Å². The molecule has 4 saturated heterocycles. The predicted molar refractivity (Wildman–Crippen MR) is 66.6 cm³/mol. The molecule has 4 aliphatic rings. The highest BCUT2D eigenvalue weighted by atomic mass is 15.3. The van der Waals surface area contributed by atoms with Crippen LogP contribution < -0.4 is 5.32 Å². The Labute approximate surface area is 99.2 Å². The molecule has 0 radical (unpaired) electrons. The fraction of sp³-hybridized carbons (Fsp3) is 1.00. The lowest BCUT2D eigenvalue weighted by Gasteiger charge is -2.50. The van der Waals surface area contributed by atoms with E-state index in [4.69, 9.17) is 0 Å². The van der Waals surface area contributed by atoms with Gasteiger partial charge in [0.2, 0.25) is 0 Å². The van der Waals surface area contributed by atoms with Gasteiger partial charge in [-0.3, -0.25) is 4.90 Å². The first-order chi connectivity index (χ1) is 7.86. The SMILES string of the molecule is CNC1CCN(C2CN3CCC2CC3)CC1. The van der Waals surface area contributed by atoms with E-state index in [2.05, 4.69) is 22.2 Å². The Hall–Kier alpha value is -0.120. The van der Waals surface area contributed by atoms with E-state index in [-0.39, 0.29) is 0 Å². The maximum atomic E-state index is 3.42. The van der Waals surface area contributed by atoms with Crippen LogP contribution in [0, 0.1) is 5.92 Å². The van der Waals surface area contributed by atoms with Crippen LogP contribution in [0.3, 0.4) is 0 Å². The van der Waals surface area contributed by atoms with Crippen molar-refractivity contribution in [3.05, 3.63) is 0 Å². The van der Waals surface area contributed by atoms with E-state index in [1.165, 1.54) is 58.4 Å². The lowest BCUT2D eigenvalue weighted by molar-refractivity contribution is -0.00554. The van der Waals surface area contributed by atoms with E-state index < -0.39 is 0 Å². The quantitative estimate of drug-likeness (QED) is 0.746. The van der Waals surface area contributed by atoms with Crippen molar-refractivity contribution in [2.75, 3.05) is 39.8 Å². The van der Waals surface area contributed by atoms with Crippen LogP contribution in [-0.4, -0.2) is 61.7 Å². The van der Waals surface area contributed by atoms with E-state index in [0.717, 1.165) is 18.0 Å². The summed E-state index contributed by atoms with van der Waals surface area (Å²) in [4.78, 5) is 5.46. The molecular formula is C13H25N3. The lowest BCUT2D eigenvalue weighted by atomic mass is 9.82. The van der Waals surface area contributed by atoms with Gasteiger partial charge in [0.05, 0.1) is 0 Å². The van der Waals surface area contributed by atoms with Gasteiger partial charge in [0, 0.05) is 18.6 Å². The average molecular weight is 223 g/mol. The van der Waals surface area contributed by atoms with Crippen molar-refractivity contribution in [1.82, 2.24) is 15.1 Å². The molecular weight excluding hydrogens is 198 g/mol. The molecule has 3 nitrogen and oxygen atoms in total. The third-order valence-corrected chi connectivity index (χ3v) is 5.03. The standard InChI is InChI=1S/C13H25N3/c1-14-12-4-8-16(9-5-12)13-10-15-6-2-11(13)3-7-15/h11-14H,2-10H2,1H3. The van der Waals surface area contributed by atoms with E-state index >= 15 is 0 Å². The van der Waals surface area contributed by atoms with Crippen LogP contribution in [-0.2, 0) is 0 Å². The third kappa shape index (κ3) is 2.01. The van der Waals surface area contributed by atoms with Crippen LogP contribution in [0.5, 0.6) is 0 Å². The molecule has 2 bridgehead atoms. The highest BCUT2D eigenvalue weighted by Crippen LogP contribution is 2.32. The number of nitrogens with one attached hydrogen (secondary N) is 1. The van der Waals surface area contributed by atoms with Gasteiger partial charge in [-0.2, -0.15) is 0 Å². The Morgan fingerprint density at radius 1 is 0.938 bits per heavy atom. The zero-order chi connectivity index (χ0) is 11.0. The van der Waals surface area contributed by atoms with Crippen molar-refractivity contribution in [3.8, 4) is 0 Å². The monoisotopic (exact) mass is 223 g/mol. The summed E-state index contributed by atoms with van der Waals surface area (Å²) in [7, 11) is 2.11. The van der Waals surface area contributed by atoms with E-state index in [1.54, 1.807) is 0 Å². The first-order valence-corrected chi connectivity index (χ1v) is 7.00. The minimum absolute atomic E-state index is 0.775. The minimum atomic E-state index is 0.775. The summed E-state index contributed by atoms with van der Waals surface area (Å²) < 4.78 is 0. The maximum Gasteiger partial charge on any atom is 0.0252 e. The molecule has 0 amide bonds. The predicted octanol–water partition coefficient (Wildman–Crippen LogP) is 0.764. The van der Waals surface area contributed by atoms with Gasteiger partial charge >= 0.3 is 0 Å². The zero-order valence-corrected chi connectivity index (χ0v) is 10.5. The molecule has 1 N–H and O–H groups in total. The number of hydrogen-bond donors (Lipinski definition) is 1. The molecule has 4 aliphatic heterocycles. The summed E-state index contributed by atoms with van der Waals surface area (Å²) in [6, 6.07) is 1.66. The van der Waals surface area contributed by atoms with E-state index in [1.807, 2.05) is 0 Å². The van der Waals surface area contributed by atoms with Gasteiger partial charge in [0.1, 0.15) is 0 Å². The Morgan fingerprint density at radius 2 is 1.62 bits per heavy atom. The Bertz CT molecular complexity index is 227. The van der Waals surface area contributed by atoms with Crippen molar-refractivity contribution in [2.45, 2.75) is 37.8 Å². The van der Waals surface area contributed by atoms with Crippen molar-refractivity contribution < 1.29 is 0 Å². The summed E-state index contributed by atoms with van der Waals surface area (Å²) in [5.41, 5.74) is 0. The second-order valence-corrected chi connectivity index (χ2v) is 5.80. The van der Waals surface area contributed by atoms with Crippen LogP contribution in [0.25, 0.3) is 0 Å². The van der Waals surface area contributed by atoms with Crippen LogP contribution in [0.4, 0.5) is 0 Å². The third-order valence-electron chi connectivity index (χ3n) is 5.03. The summed E-state index contributed by atoms with van der Waals surface area (Å²) in [5, 5.41) is 3.42. The molecule has 0 aromatic carbocycles. The topological polar surface area (TPSA) is 18.5 Å². The van der Waals surface area contributed by atoms with Gasteiger partial charge in [-0.15, -0.1) is 0 Å². The molecule has 1 atom stereocenters. The van der Waals surface area contributed by atoms with Gasteiger partial charge < -0.3 is 10.2 Å². The van der Waals surface area contributed by atoms with Gasteiger partial charge in [0.25, 0.3) is 0 Å². The van der Waals surface area contributed by atoms with Crippen LogP contribution in [0.2, 0.25) is 0 Å². The summed E-state index contributed by atoms with van der Waals surface area (Å²) in [5.74, 6) is 1.01. The highest BCUT2D eigenvalue weighted by Gasteiger charge is 2.38. The maximum absolute atomic E-state index is 3.42. The summed E-state index contributed by atoms with van der Waals surface area (Å²) >= 11 is 0. The molecule has 0 spiro atoms. The number of piperidine rings is 4. The lowest BCUT2D eigenvalue weighted by Crippen LogP contribution is -2.59. The molecule has 0 aromatic rings. The van der Waals surface area contributed by atoms with Crippen LogP contribution in [0.15, 0.2) is 0 Å². The Balaban J connectivity index is 1.58. The largest absolute Gasteiger partial charge is 0.317 e. The first-order valence-electron chi connectivity index (χ1n) is 7.00. The molecule has 0 saturated carbocycles. The molecule has 0 aromatic heterocycles. The molecule has 4 heterocycles.